The normalized spacial score (nSPS) is 23.6. The smallest absolute Gasteiger partial charge is 0.229 e. The summed E-state index contributed by atoms with van der Waals surface area (Å²) in [5.74, 6) is 1.34. The summed E-state index contributed by atoms with van der Waals surface area (Å²) in [6, 6.07) is 3.51. The second-order valence-electron chi connectivity index (χ2n) is 4.98. The van der Waals surface area contributed by atoms with Crippen molar-refractivity contribution in [3.63, 3.8) is 0 Å². The zero-order chi connectivity index (χ0) is 14.4. The number of hydrogen-bond acceptors (Lipinski definition) is 4. The molecule has 3 rings (SSSR count). The van der Waals surface area contributed by atoms with E-state index in [-0.39, 0.29) is 12.5 Å². The molecule has 2 aromatic rings. The first kappa shape index (κ1) is 13.5. The molecule has 20 heavy (non-hydrogen) atoms. The van der Waals surface area contributed by atoms with E-state index in [4.69, 9.17) is 27.6 Å². The van der Waals surface area contributed by atoms with Gasteiger partial charge in [0.15, 0.2) is 5.76 Å². The zero-order valence-electron chi connectivity index (χ0n) is 10.6. The summed E-state index contributed by atoms with van der Waals surface area (Å²) in [7, 11) is 0. The molecule has 0 bridgehead atoms. The Labute approximate surface area is 124 Å². The number of aromatic nitrogens is 3. The third kappa shape index (κ3) is 2.19. The first-order valence-corrected chi connectivity index (χ1v) is 6.79. The lowest BCUT2D eigenvalue weighted by atomic mass is 10.1. The van der Waals surface area contributed by atoms with Crippen LogP contribution in [0.1, 0.15) is 19.2 Å². The number of H-pyrrole nitrogens is 1. The van der Waals surface area contributed by atoms with Gasteiger partial charge in [0, 0.05) is 0 Å². The molecule has 0 radical (unpaired) electrons. The fourth-order valence-corrected chi connectivity index (χ4v) is 2.60. The number of carbonyl (C=O) groups is 1. The summed E-state index contributed by atoms with van der Waals surface area (Å²) < 4.78 is 4.21. The van der Waals surface area contributed by atoms with Gasteiger partial charge in [-0.15, -0.1) is 28.3 Å². The lowest BCUT2D eigenvalue weighted by Gasteiger charge is -2.11. The highest BCUT2D eigenvalue weighted by Crippen LogP contribution is 2.63. The lowest BCUT2D eigenvalue weighted by molar-refractivity contribution is -0.126. The molecule has 0 spiro atoms. The van der Waals surface area contributed by atoms with E-state index in [0.29, 0.717) is 23.8 Å². The lowest BCUT2D eigenvalue weighted by Crippen LogP contribution is -2.33. The highest BCUT2D eigenvalue weighted by Gasteiger charge is 2.67. The van der Waals surface area contributed by atoms with Gasteiger partial charge in [-0.25, -0.2) is 4.98 Å². The number of furan rings is 1. The van der Waals surface area contributed by atoms with Crippen LogP contribution in [0.3, 0.4) is 0 Å². The van der Waals surface area contributed by atoms with Gasteiger partial charge in [-0.05, 0) is 25.5 Å². The number of alkyl halides is 2. The number of aromatic amines is 1. The standard InChI is InChI=1S/C12H12Cl2N4O2/c1-11(6-12(11,13)14)10(19)15-5-8-16-9(18-17-8)7-3-2-4-20-7/h2-4H,5-6H2,1H3,(H,15,19)(H,16,17,18)/t11-/m0/s1. The van der Waals surface area contributed by atoms with Crippen LogP contribution in [0.4, 0.5) is 0 Å². The van der Waals surface area contributed by atoms with Crippen LogP contribution in [0.5, 0.6) is 0 Å². The highest BCUT2D eigenvalue weighted by atomic mass is 35.5. The van der Waals surface area contributed by atoms with Crippen molar-refractivity contribution >= 4 is 29.1 Å². The molecule has 1 aliphatic carbocycles. The molecule has 2 aromatic heterocycles. The average molecular weight is 315 g/mol. The van der Waals surface area contributed by atoms with Gasteiger partial charge in [0.1, 0.15) is 10.2 Å². The molecule has 1 saturated carbocycles. The van der Waals surface area contributed by atoms with Gasteiger partial charge < -0.3 is 9.73 Å². The summed E-state index contributed by atoms with van der Waals surface area (Å²) >= 11 is 11.9. The van der Waals surface area contributed by atoms with Crippen LogP contribution in [0.2, 0.25) is 0 Å². The van der Waals surface area contributed by atoms with Crippen LogP contribution < -0.4 is 5.32 Å². The zero-order valence-corrected chi connectivity index (χ0v) is 12.1. The Morgan fingerprint density at radius 1 is 1.60 bits per heavy atom. The number of rotatable bonds is 4. The number of hydrogen-bond donors (Lipinski definition) is 2. The molecule has 2 heterocycles. The first-order chi connectivity index (χ1) is 9.42. The maximum absolute atomic E-state index is 12.0. The van der Waals surface area contributed by atoms with Gasteiger partial charge in [0.2, 0.25) is 11.7 Å². The Morgan fingerprint density at radius 3 is 2.95 bits per heavy atom. The van der Waals surface area contributed by atoms with Crippen molar-refractivity contribution in [3.05, 3.63) is 24.2 Å². The van der Waals surface area contributed by atoms with E-state index in [1.54, 1.807) is 25.3 Å². The molecule has 1 amide bonds. The number of carbonyl (C=O) groups excluding carboxylic acids is 1. The molecule has 1 atom stereocenters. The summed E-state index contributed by atoms with van der Waals surface area (Å²) in [6.07, 6.45) is 1.99. The van der Waals surface area contributed by atoms with E-state index in [9.17, 15) is 4.79 Å². The second kappa shape index (κ2) is 4.49. The molecule has 8 heteroatoms. The Morgan fingerprint density at radius 2 is 2.35 bits per heavy atom. The minimum absolute atomic E-state index is 0.196. The number of nitrogens with zero attached hydrogens (tertiary/aromatic N) is 2. The van der Waals surface area contributed by atoms with Crippen LogP contribution >= 0.6 is 23.2 Å². The molecular formula is C12H12Cl2N4O2. The van der Waals surface area contributed by atoms with E-state index in [1.807, 2.05) is 0 Å². The molecule has 1 fully saturated rings. The largest absolute Gasteiger partial charge is 0.461 e. The van der Waals surface area contributed by atoms with Crippen molar-refractivity contribution in [2.24, 2.45) is 5.41 Å². The Bertz CT molecular complexity index is 638. The third-order valence-corrected chi connectivity index (χ3v) is 4.55. The Balaban J connectivity index is 1.61. The molecule has 0 unspecified atom stereocenters. The van der Waals surface area contributed by atoms with Crippen LogP contribution in [-0.2, 0) is 11.3 Å². The molecule has 106 valence electrons. The fourth-order valence-electron chi connectivity index (χ4n) is 1.90. The maximum atomic E-state index is 12.0. The average Bonchev–Trinajstić information content (AvgIpc) is 2.92. The quantitative estimate of drug-likeness (QED) is 0.848. The monoisotopic (exact) mass is 314 g/mol. The number of halogens is 2. The first-order valence-electron chi connectivity index (χ1n) is 6.04. The molecule has 1 aliphatic rings. The van der Waals surface area contributed by atoms with Crippen molar-refractivity contribution < 1.29 is 9.21 Å². The highest BCUT2D eigenvalue weighted by molar-refractivity contribution is 6.53. The van der Waals surface area contributed by atoms with Gasteiger partial charge in [-0.2, -0.15) is 0 Å². The van der Waals surface area contributed by atoms with Crippen molar-refractivity contribution in [3.8, 4) is 11.6 Å². The van der Waals surface area contributed by atoms with E-state index in [2.05, 4.69) is 20.5 Å². The van der Waals surface area contributed by atoms with Gasteiger partial charge in [-0.3, -0.25) is 9.89 Å². The Kier molecular flexibility index (Phi) is 3.02. The molecule has 0 aromatic carbocycles. The van der Waals surface area contributed by atoms with Crippen LogP contribution in [0.15, 0.2) is 22.8 Å². The minimum atomic E-state index is -0.974. The minimum Gasteiger partial charge on any atom is -0.461 e. The third-order valence-electron chi connectivity index (χ3n) is 3.45. The van der Waals surface area contributed by atoms with Crippen molar-refractivity contribution in [2.75, 3.05) is 0 Å². The SMILES string of the molecule is C[C@@]1(C(=O)NCc2nc(-c3ccco3)n[nH]2)CC1(Cl)Cl. The maximum Gasteiger partial charge on any atom is 0.229 e. The summed E-state index contributed by atoms with van der Waals surface area (Å²) in [5.41, 5.74) is -0.736. The molecular weight excluding hydrogens is 303 g/mol. The Hall–Kier alpha value is -1.53. The summed E-state index contributed by atoms with van der Waals surface area (Å²) in [5, 5.41) is 9.49. The number of nitrogens with one attached hydrogen (secondary N) is 2. The predicted octanol–water partition coefficient (Wildman–Crippen LogP) is 2.26. The second-order valence-corrected chi connectivity index (χ2v) is 6.46. The molecule has 0 aliphatic heterocycles. The van der Waals surface area contributed by atoms with Crippen LogP contribution in [0.25, 0.3) is 11.6 Å². The molecule has 0 saturated heterocycles. The van der Waals surface area contributed by atoms with Crippen molar-refractivity contribution in [1.29, 1.82) is 0 Å². The number of amides is 1. The van der Waals surface area contributed by atoms with E-state index in [0.717, 1.165) is 0 Å². The van der Waals surface area contributed by atoms with Gasteiger partial charge in [0.25, 0.3) is 0 Å². The van der Waals surface area contributed by atoms with Crippen molar-refractivity contribution in [2.45, 2.75) is 24.2 Å². The van der Waals surface area contributed by atoms with E-state index < -0.39 is 9.75 Å². The van der Waals surface area contributed by atoms with Crippen LogP contribution in [-0.4, -0.2) is 25.4 Å². The molecule has 2 N–H and O–H groups in total. The summed E-state index contributed by atoms with van der Waals surface area (Å²) in [4.78, 5) is 16.2. The van der Waals surface area contributed by atoms with E-state index >= 15 is 0 Å². The summed E-state index contributed by atoms with van der Waals surface area (Å²) in [6.45, 7) is 1.96. The van der Waals surface area contributed by atoms with Gasteiger partial charge in [0.05, 0.1) is 18.2 Å². The van der Waals surface area contributed by atoms with E-state index in [1.165, 1.54) is 0 Å². The molecule has 6 nitrogen and oxygen atoms in total. The van der Waals surface area contributed by atoms with Crippen molar-refractivity contribution in [1.82, 2.24) is 20.5 Å². The van der Waals surface area contributed by atoms with Crippen LogP contribution in [0, 0.1) is 5.41 Å². The van der Waals surface area contributed by atoms with Gasteiger partial charge in [-0.1, -0.05) is 0 Å². The fraction of sp³-hybridized carbons (Fsp3) is 0.417. The topological polar surface area (TPSA) is 83.8 Å². The van der Waals surface area contributed by atoms with Gasteiger partial charge >= 0.3 is 0 Å². The predicted molar refractivity (Wildman–Crippen MR) is 73.1 cm³/mol.